The minimum Gasteiger partial charge on any atom is -0.480 e. The number of primary amides is 2. The zero-order valence-corrected chi connectivity index (χ0v) is 19.4. The molecule has 0 bridgehead atoms. The Morgan fingerprint density at radius 3 is 1.79 bits per heavy atom. The quantitative estimate of drug-likeness (QED) is 0.509. The molecular weight excluding hydrogens is 438 g/mol. The molecule has 0 radical (unpaired) electrons. The predicted octanol–water partition coefficient (Wildman–Crippen LogP) is 2.27. The molecule has 0 unspecified atom stereocenters. The lowest BCUT2D eigenvalue weighted by Crippen LogP contribution is -2.42. The van der Waals surface area contributed by atoms with Crippen molar-refractivity contribution in [3.63, 3.8) is 0 Å². The minimum atomic E-state index is -1.55. The van der Waals surface area contributed by atoms with Gasteiger partial charge in [-0.3, -0.25) is 14.4 Å². The van der Waals surface area contributed by atoms with Gasteiger partial charge in [-0.1, -0.05) is 12.1 Å². The number of nitrogens with one attached hydrogen (secondary N) is 1. The van der Waals surface area contributed by atoms with Crippen LogP contribution in [0.1, 0.15) is 70.2 Å². The van der Waals surface area contributed by atoms with Crippen molar-refractivity contribution in [3.8, 4) is 0 Å². The number of carbonyl (C=O) groups excluding carboxylic acids is 3. The van der Waals surface area contributed by atoms with Gasteiger partial charge in [0.15, 0.2) is 0 Å². The normalized spacial score (nSPS) is 14.2. The lowest BCUT2D eigenvalue weighted by Gasteiger charge is -2.33. The van der Waals surface area contributed by atoms with Crippen molar-refractivity contribution in [2.24, 2.45) is 11.5 Å². The molecule has 0 spiro atoms. The number of aliphatic carboxylic acids is 1. The first kappa shape index (κ1) is 24.8. The molecule has 0 atom stereocenters. The zero-order chi connectivity index (χ0) is 25.3. The topological polar surface area (TPSA) is 162 Å². The lowest BCUT2D eigenvalue weighted by atomic mass is 9.69. The van der Waals surface area contributed by atoms with Crippen LogP contribution in [0.5, 0.6) is 0 Å². The number of rotatable bonds is 6. The number of hydrogen-bond acceptors (Lipinski definition) is 5. The van der Waals surface area contributed by atoms with Gasteiger partial charge in [0.1, 0.15) is 11.0 Å². The van der Waals surface area contributed by atoms with Gasteiger partial charge >= 0.3 is 12.1 Å². The molecule has 1 aliphatic rings. The van der Waals surface area contributed by atoms with Gasteiger partial charge in [0.2, 0.25) is 11.8 Å². The highest BCUT2D eigenvalue weighted by atomic mass is 16.6. The minimum absolute atomic E-state index is 0.00735. The van der Waals surface area contributed by atoms with Crippen molar-refractivity contribution in [2.75, 3.05) is 6.54 Å². The van der Waals surface area contributed by atoms with Crippen LogP contribution in [0.15, 0.2) is 36.4 Å². The molecule has 0 aromatic heterocycles. The monoisotopic (exact) mass is 467 g/mol. The van der Waals surface area contributed by atoms with Crippen LogP contribution < -0.4 is 16.8 Å². The molecule has 6 N–H and O–H groups in total. The Hall–Kier alpha value is -3.88. The summed E-state index contributed by atoms with van der Waals surface area (Å²) in [5, 5.41) is 13.2. The van der Waals surface area contributed by atoms with E-state index in [-0.39, 0.29) is 24.1 Å². The van der Waals surface area contributed by atoms with E-state index in [0.29, 0.717) is 35.1 Å². The molecule has 2 aromatic rings. The van der Waals surface area contributed by atoms with Crippen molar-refractivity contribution in [2.45, 2.75) is 51.0 Å². The summed E-state index contributed by atoms with van der Waals surface area (Å²) < 4.78 is 5.27. The van der Waals surface area contributed by atoms with E-state index in [0.717, 1.165) is 0 Å². The first-order chi connectivity index (χ1) is 15.8. The summed E-state index contributed by atoms with van der Waals surface area (Å²) in [6.07, 6.45) is 0.212. The third-order valence-electron chi connectivity index (χ3n) is 5.90. The Balaban J connectivity index is 2.13. The first-order valence-corrected chi connectivity index (χ1v) is 10.9. The van der Waals surface area contributed by atoms with Gasteiger partial charge in [0, 0.05) is 17.7 Å². The van der Waals surface area contributed by atoms with Gasteiger partial charge in [-0.05, 0) is 86.6 Å². The molecule has 9 heteroatoms. The van der Waals surface area contributed by atoms with Gasteiger partial charge in [-0.25, -0.2) is 4.79 Å². The van der Waals surface area contributed by atoms with Crippen molar-refractivity contribution in [1.29, 1.82) is 0 Å². The van der Waals surface area contributed by atoms with Crippen LogP contribution in [0.25, 0.3) is 0 Å². The van der Waals surface area contributed by atoms with Crippen LogP contribution in [0.2, 0.25) is 0 Å². The highest BCUT2D eigenvalue weighted by Gasteiger charge is 2.46. The number of hydrogen-bond donors (Lipinski definition) is 4. The largest absolute Gasteiger partial charge is 0.480 e. The standard InChI is InChI=1S/C25H29N3O6/c1-24(2,3)34-23(33)28-11-10-25(22(31)32)18-8-6-16(20(26)29)12-14(18)4-5-15-13-17(21(27)30)7-9-19(15)25/h6-9,12-13H,4-5,10-11H2,1-3H3,(H2,26,29)(H2,27,30)(H,28,33)(H,31,32). The van der Waals surface area contributed by atoms with E-state index in [1.165, 1.54) is 12.1 Å². The second-order valence-electron chi connectivity index (χ2n) is 9.36. The molecule has 34 heavy (non-hydrogen) atoms. The molecule has 3 rings (SSSR count). The molecule has 2 aromatic carbocycles. The van der Waals surface area contributed by atoms with E-state index in [1.54, 1.807) is 45.0 Å². The van der Waals surface area contributed by atoms with E-state index < -0.39 is 34.9 Å². The Kier molecular flexibility index (Phi) is 6.67. The van der Waals surface area contributed by atoms with Gasteiger partial charge < -0.3 is 26.6 Å². The molecule has 0 saturated heterocycles. The maximum atomic E-state index is 13.0. The number of ether oxygens (including phenoxy) is 1. The van der Waals surface area contributed by atoms with E-state index in [2.05, 4.69) is 5.32 Å². The molecule has 0 saturated carbocycles. The molecule has 9 nitrogen and oxygen atoms in total. The van der Waals surface area contributed by atoms with Crippen molar-refractivity contribution in [3.05, 3.63) is 69.8 Å². The Morgan fingerprint density at radius 2 is 1.41 bits per heavy atom. The van der Waals surface area contributed by atoms with Gasteiger partial charge in [-0.15, -0.1) is 0 Å². The van der Waals surface area contributed by atoms with Crippen molar-refractivity contribution >= 4 is 23.9 Å². The zero-order valence-electron chi connectivity index (χ0n) is 19.4. The molecule has 0 aliphatic heterocycles. The number of benzene rings is 2. The van der Waals surface area contributed by atoms with Crippen LogP contribution in [0.3, 0.4) is 0 Å². The average Bonchev–Trinajstić information content (AvgIpc) is 2.87. The maximum Gasteiger partial charge on any atom is 0.407 e. The summed E-state index contributed by atoms with van der Waals surface area (Å²) >= 11 is 0. The molecule has 0 fully saturated rings. The Morgan fingerprint density at radius 1 is 0.941 bits per heavy atom. The van der Waals surface area contributed by atoms with Crippen LogP contribution in [-0.4, -0.2) is 41.1 Å². The van der Waals surface area contributed by atoms with Crippen molar-refractivity contribution in [1.82, 2.24) is 5.32 Å². The second-order valence-corrected chi connectivity index (χ2v) is 9.36. The number of carbonyl (C=O) groups is 4. The maximum absolute atomic E-state index is 13.0. The lowest BCUT2D eigenvalue weighted by molar-refractivity contribution is -0.142. The molecule has 180 valence electrons. The van der Waals surface area contributed by atoms with E-state index in [9.17, 15) is 24.3 Å². The summed E-state index contributed by atoms with van der Waals surface area (Å²) in [5.74, 6) is -2.36. The highest BCUT2D eigenvalue weighted by molar-refractivity contribution is 5.95. The summed E-state index contributed by atoms with van der Waals surface area (Å²) in [6, 6.07) is 9.43. The summed E-state index contributed by atoms with van der Waals surface area (Å²) in [4.78, 5) is 48.7. The number of amides is 3. The van der Waals surface area contributed by atoms with E-state index in [4.69, 9.17) is 16.2 Å². The van der Waals surface area contributed by atoms with Gasteiger partial charge in [0.05, 0.1) is 0 Å². The van der Waals surface area contributed by atoms with Gasteiger partial charge in [-0.2, -0.15) is 0 Å². The summed E-state index contributed by atoms with van der Waals surface area (Å²) in [7, 11) is 0. The Labute approximate surface area is 197 Å². The highest BCUT2D eigenvalue weighted by Crippen LogP contribution is 2.43. The molecule has 3 amide bonds. The van der Waals surface area contributed by atoms with Crippen LogP contribution in [0, 0.1) is 0 Å². The second kappa shape index (κ2) is 9.17. The van der Waals surface area contributed by atoms with Crippen LogP contribution in [0.4, 0.5) is 4.79 Å². The van der Waals surface area contributed by atoms with Crippen molar-refractivity contribution < 1.29 is 29.0 Å². The van der Waals surface area contributed by atoms with E-state index >= 15 is 0 Å². The van der Waals surface area contributed by atoms with E-state index in [1.807, 2.05) is 0 Å². The average molecular weight is 468 g/mol. The summed E-state index contributed by atoms with van der Waals surface area (Å²) in [5.41, 5.74) is 11.5. The number of aryl methyl sites for hydroxylation is 2. The number of alkyl carbamates (subject to hydrolysis) is 1. The fourth-order valence-corrected chi connectivity index (χ4v) is 4.43. The number of carboxylic acid groups (broad SMARTS) is 1. The SMILES string of the molecule is CC(C)(C)OC(=O)NCCC1(C(=O)O)c2ccc(C(N)=O)cc2CCc2cc(C(N)=O)ccc21. The summed E-state index contributed by atoms with van der Waals surface area (Å²) in [6.45, 7) is 5.20. The smallest absolute Gasteiger partial charge is 0.407 e. The fourth-order valence-electron chi connectivity index (χ4n) is 4.43. The third kappa shape index (κ3) is 4.88. The number of fused-ring (bicyclic) bond motifs is 2. The number of carboxylic acids is 1. The van der Waals surface area contributed by atoms with Crippen LogP contribution >= 0.6 is 0 Å². The molecular formula is C25H29N3O6. The third-order valence-corrected chi connectivity index (χ3v) is 5.90. The molecule has 0 heterocycles. The van der Waals surface area contributed by atoms with Crippen LogP contribution in [-0.2, 0) is 27.8 Å². The first-order valence-electron chi connectivity index (χ1n) is 10.9. The Bertz CT molecular complexity index is 1100. The van der Waals surface area contributed by atoms with Gasteiger partial charge in [0.25, 0.3) is 0 Å². The fraction of sp³-hybridized carbons (Fsp3) is 0.360. The molecule has 1 aliphatic carbocycles. The number of nitrogens with two attached hydrogens (primary N) is 2. The predicted molar refractivity (Wildman–Crippen MR) is 125 cm³/mol.